The number of ether oxygens (including phenoxy) is 1. The van der Waals surface area contributed by atoms with Gasteiger partial charge in [-0.3, -0.25) is 0 Å². The highest BCUT2D eigenvalue weighted by Gasteiger charge is 2.09. The molecule has 3 nitrogen and oxygen atoms in total. The largest absolute Gasteiger partial charge is 0.381 e. The van der Waals surface area contributed by atoms with Crippen LogP contribution in [0.15, 0.2) is 0 Å². The molecule has 0 amide bonds. The lowest BCUT2D eigenvalue weighted by molar-refractivity contribution is 0.111. The van der Waals surface area contributed by atoms with E-state index in [-0.39, 0.29) is 0 Å². The number of anilines is 1. The topological polar surface area (TPSA) is 24.5 Å². The molecular weight excluding hydrogens is 288 g/mol. The van der Waals surface area contributed by atoms with Gasteiger partial charge >= 0.3 is 0 Å². The molecule has 1 N–H and O–H groups in total. The normalized spacial score (nSPS) is 11.4. The fourth-order valence-electron chi connectivity index (χ4n) is 2.23. The summed E-state index contributed by atoms with van der Waals surface area (Å²) in [5.41, 5.74) is 2.15. The molecule has 0 aliphatic rings. The molecule has 20 heavy (non-hydrogen) atoms. The van der Waals surface area contributed by atoms with Gasteiger partial charge in [0, 0.05) is 13.1 Å². The molecule has 114 valence electrons. The van der Waals surface area contributed by atoms with Gasteiger partial charge in [0.2, 0.25) is 0 Å². The van der Waals surface area contributed by atoms with Crippen molar-refractivity contribution in [1.29, 1.82) is 0 Å². The van der Waals surface area contributed by atoms with Crippen LogP contribution in [0.5, 0.6) is 0 Å². The third kappa shape index (κ3) is 5.20. The molecule has 0 radical (unpaired) electrons. The molecule has 1 aromatic carbocycles. The average Bonchev–Trinajstić information content (AvgIpc) is 2.45. The quantitative estimate of drug-likeness (QED) is 0.493. The van der Waals surface area contributed by atoms with Gasteiger partial charge in [0.1, 0.15) is 0 Å². The number of hydrogen-bond acceptors (Lipinski definition) is 5. The minimum absolute atomic E-state index is 0.707. The zero-order chi connectivity index (χ0) is 15.0. The lowest BCUT2D eigenvalue weighted by atomic mass is 10.1. The van der Waals surface area contributed by atoms with E-state index in [0.717, 1.165) is 53.1 Å². The van der Waals surface area contributed by atoms with E-state index in [1.165, 1.54) is 12.8 Å². The highest BCUT2D eigenvalue weighted by atomic mass is 32.1. The van der Waals surface area contributed by atoms with Gasteiger partial charge < -0.3 is 15.0 Å². The lowest BCUT2D eigenvalue weighted by Crippen LogP contribution is -2.29. The molecule has 1 rings (SSSR count). The summed E-state index contributed by atoms with van der Waals surface area (Å²) in [6.07, 6.45) is 2.40. The highest BCUT2D eigenvalue weighted by Crippen LogP contribution is 2.24. The summed E-state index contributed by atoms with van der Waals surface area (Å²) in [5.74, 6) is 0. The van der Waals surface area contributed by atoms with Crippen molar-refractivity contribution in [2.75, 3.05) is 44.7 Å². The van der Waals surface area contributed by atoms with Crippen molar-refractivity contribution < 1.29 is 4.74 Å². The van der Waals surface area contributed by atoms with Crippen LogP contribution in [0.2, 0.25) is 0 Å². The monoisotopic (exact) mass is 314 g/mol. The molecule has 0 bridgehead atoms. The van der Waals surface area contributed by atoms with Crippen LogP contribution in [0, 0.1) is 15.9 Å². The molecule has 0 spiro atoms. The summed E-state index contributed by atoms with van der Waals surface area (Å²) in [6.45, 7) is 12.1. The van der Waals surface area contributed by atoms with Crippen LogP contribution in [0.4, 0.5) is 5.69 Å². The smallest absolute Gasteiger partial charge is 0.0795 e. The number of nitrogens with zero attached hydrogens (tertiary/aromatic N) is 1. The molecule has 5 heteroatoms. The van der Waals surface area contributed by atoms with Crippen molar-refractivity contribution in [2.45, 2.75) is 33.6 Å². The van der Waals surface area contributed by atoms with Crippen molar-refractivity contribution in [2.24, 2.45) is 0 Å². The van der Waals surface area contributed by atoms with E-state index >= 15 is 0 Å². The predicted octanol–water partition coefficient (Wildman–Crippen LogP) is 3.88. The Hall–Kier alpha value is -0.360. The molecule has 0 saturated carbocycles. The second kappa shape index (κ2) is 9.55. The van der Waals surface area contributed by atoms with E-state index in [1.54, 1.807) is 0 Å². The SMILES string of the molecule is CCCN(CCC)CCOCCNc1c(C)c(=S)c1=S. The molecule has 0 atom stereocenters. The first-order chi connectivity index (χ1) is 9.61. The van der Waals surface area contributed by atoms with Crippen molar-refractivity contribution in [3.05, 3.63) is 14.6 Å². The number of hydrogen-bond donors (Lipinski definition) is 1. The van der Waals surface area contributed by atoms with E-state index in [2.05, 4.69) is 24.1 Å². The third-order valence-corrected chi connectivity index (χ3v) is 4.38. The Balaban J connectivity index is 2.10. The lowest BCUT2D eigenvalue weighted by Gasteiger charge is -2.20. The summed E-state index contributed by atoms with van der Waals surface area (Å²) >= 11 is 10.3. The Bertz CT molecular complexity index is 460. The van der Waals surface area contributed by atoms with Crippen LogP contribution in [0.3, 0.4) is 0 Å². The minimum atomic E-state index is 0.707. The van der Waals surface area contributed by atoms with Crippen LogP contribution in [-0.2, 0) is 4.74 Å². The van der Waals surface area contributed by atoms with Gasteiger partial charge in [-0.2, -0.15) is 0 Å². The second-order valence-electron chi connectivity index (χ2n) is 5.04. The molecule has 0 aliphatic carbocycles. The first-order valence-electron chi connectivity index (χ1n) is 7.45. The van der Waals surface area contributed by atoms with Crippen molar-refractivity contribution >= 4 is 30.1 Å². The molecule has 1 aromatic rings. The Labute approximate surface area is 133 Å². The van der Waals surface area contributed by atoms with Crippen molar-refractivity contribution in [1.82, 2.24) is 4.90 Å². The van der Waals surface area contributed by atoms with Crippen LogP contribution in [-0.4, -0.2) is 44.3 Å². The number of nitrogens with one attached hydrogen (secondary N) is 1. The molecule has 0 aliphatic heterocycles. The van der Waals surface area contributed by atoms with Gasteiger partial charge in [-0.15, -0.1) is 0 Å². The van der Waals surface area contributed by atoms with Gasteiger partial charge in [-0.25, -0.2) is 0 Å². The van der Waals surface area contributed by atoms with E-state index in [0.29, 0.717) is 6.61 Å². The summed E-state index contributed by atoms with van der Waals surface area (Å²) < 4.78 is 7.30. The summed E-state index contributed by atoms with van der Waals surface area (Å²) in [4.78, 5) is 2.46. The van der Waals surface area contributed by atoms with Crippen LogP contribution < -0.4 is 5.32 Å². The average molecular weight is 315 g/mol. The predicted molar refractivity (Wildman–Crippen MR) is 91.5 cm³/mol. The second-order valence-corrected chi connectivity index (χ2v) is 5.86. The fourth-order valence-corrected chi connectivity index (χ4v) is 2.81. The summed E-state index contributed by atoms with van der Waals surface area (Å²) in [6, 6.07) is 0. The van der Waals surface area contributed by atoms with Gasteiger partial charge in [0.15, 0.2) is 0 Å². The molecular formula is C15H26N2OS2. The van der Waals surface area contributed by atoms with Crippen molar-refractivity contribution in [3.63, 3.8) is 0 Å². The standard InChI is InChI=1S/C15H26N2OS2/c1-4-7-17(8-5-2)9-11-18-10-6-16-13-12(3)14(19)15(13)20/h16H,4-11H2,1-3H3. The summed E-state index contributed by atoms with van der Waals surface area (Å²) in [7, 11) is 0. The van der Waals surface area contributed by atoms with E-state index in [4.69, 9.17) is 29.2 Å². The highest BCUT2D eigenvalue weighted by molar-refractivity contribution is 7.74. The first kappa shape index (κ1) is 17.7. The van der Waals surface area contributed by atoms with E-state index in [1.807, 2.05) is 6.92 Å². The third-order valence-electron chi connectivity index (χ3n) is 3.33. The zero-order valence-electron chi connectivity index (χ0n) is 12.8. The molecule has 0 unspecified atom stereocenters. The molecule has 0 fully saturated rings. The van der Waals surface area contributed by atoms with Gasteiger partial charge in [-0.05, 0) is 38.4 Å². The van der Waals surface area contributed by atoms with Crippen LogP contribution in [0.25, 0.3) is 0 Å². The van der Waals surface area contributed by atoms with E-state index in [9.17, 15) is 0 Å². The van der Waals surface area contributed by atoms with Gasteiger partial charge in [0.05, 0.1) is 27.9 Å². The Morgan fingerprint density at radius 3 is 2.20 bits per heavy atom. The maximum absolute atomic E-state index is 5.67. The Morgan fingerprint density at radius 1 is 1.00 bits per heavy atom. The van der Waals surface area contributed by atoms with Crippen LogP contribution in [0.1, 0.15) is 32.3 Å². The Kier molecular flexibility index (Phi) is 8.45. The number of rotatable bonds is 11. The zero-order valence-corrected chi connectivity index (χ0v) is 14.5. The van der Waals surface area contributed by atoms with Gasteiger partial charge in [-0.1, -0.05) is 38.3 Å². The maximum atomic E-state index is 5.67. The molecule has 0 aromatic heterocycles. The first-order valence-corrected chi connectivity index (χ1v) is 8.27. The van der Waals surface area contributed by atoms with Crippen molar-refractivity contribution in [3.8, 4) is 0 Å². The maximum Gasteiger partial charge on any atom is 0.0795 e. The minimum Gasteiger partial charge on any atom is -0.381 e. The van der Waals surface area contributed by atoms with Gasteiger partial charge in [0.25, 0.3) is 0 Å². The fraction of sp³-hybridized carbons (Fsp3) is 0.733. The summed E-state index contributed by atoms with van der Waals surface area (Å²) in [5, 5.41) is 3.30. The van der Waals surface area contributed by atoms with E-state index < -0.39 is 0 Å². The Morgan fingerprint density at radius 2 is 1.65 bits per heavy atom. The van der Waals surface area contributed by atoms with Crippen LogP contribution >= 0.6 is 24.4 Å². The molecule has 0 saturated heterocycles. The molecule has 0 heterocycles.